The molecular formula is C14H18O3. The molecule has 0 aliphatic heterocycles. The van der Waals surface area contributed by atoms with Crippen LogP contribution in [0.3, 0.4) is 0 Å². The highest BCUT2D eigenvalue weighted by Gasteiger charge is 2.24. The highest BCUT2D eigenvalue weighted by atomic mass is 16.5. The summed E-state index contributed by atoms with van der Waals surface area (Å²) >= 11 is 0. The molecule has 0 unspecified atom stereocenters. The van der Waals surface area contributed by atoms with Crippen molar-refractivity contribution < 1.29 is 14.6 Å². The van der Waals surface area contributed by atoms with Gasteiger partial charge in [0.1, 0.15) is 11.9 Å². The van der Waals surface area contributed by atoms with Crippen molar-refractivity contribution in [2.75, 3.05) is 0 Å². The second kappa shape index (κ2) is 5.32. The Morgan fingerprint density at radius 2 is 2.12 bits per heavy atom. The summed E-state index contributed by atoms with van der Waals surface area (Å²) in [4.78, 5) is 11.2. The lowest BCUT2D eigenvalue weighted by atomic mass is 9.95. The van der Waals surface area contributed by atoms with Gasteiger partial charge in [-0.2, -0.15) is 0 Å². The molecule has 3 nitrogen and oxygen atoms in total. The summed E-state index contributed by atoms with van der Waals surface area (Å²) in [6.07, 6.45) is 3.32. The van der Waals surface area contributed by atoms with Crippen LogP contribution < -0.4 is 4.74 Å². The second-order valence-corrected chi connectivity index (χ2v) is 4.59. The molecule has 1 aromatic rings. The Morgan fingerprint density at radius 3 is 2.82 bits per heavy atom. The second-order valence-electron chi connectivity index (χ2n) is 4.59. The van der Waals surface area contributed by atoms with Gasteiger partial charge in [-0.15, -0.1) is 0 Å². The van der Waals surface area contributed by atoms with Gasteiger partial charge >= 0.3 is 0 Å². The zero-order chi connectivity index (χ0) is 12.3. The van der Waals surface area contributed by atoms with E-state index in [0.717, 1.165) is 25.7 Å². The number of rotatable bonds is 3. The van der Waals surface area contributed by atoms with Crippen LogP contribution in [0.5, 0.6) is 5.75 Å². The molecule has 1 saturated carbocycles. The first-order valence-corrected chi connectivity index (χ1v) is 6.12. The average molecular weight is 234 g/mol. The van der Waals surface area contributed by atoms with Crippen molar-refractivity contribution in [2.24, 2.45) is 0 Å². The van der Waals surface area contributed by atoms with Crippen molar-refractivity contribution >= 4 is 5.78 Å². The van der Waals surface area contributed by atoms with Gasteiger partial charge in [0.2, 0.25) is 0 Å². The van der Waals surface area contributed by atoms with Crippen LogP contribution >= 0.6 is 0 Å². The molecule has 92 valence electrons. The van der Waals surface area contributed by atoms with E-state index >= 15 is 0 Å². The number of aliphatic hydroxyl groups is 1. The number of ether oxygens (including phenoxy) is 1. The highest BCUT2D eigenvalue weighted by Crippen LogP contribution is 2.24. The van der Waals surface area contributed by atoms with E-state index in [1.54, 1.807) is 18.2 Å². The number of hydrogen-bond donors (Lipinski definition) is 1. The molecule has 1 fully saturated rings. The van der Waals surface area contributed by atoms with Crippen molar-refractivity contribution in [2.45, 2.75) is 44.8 Å². The van der Waals surface area contributed by atoms with E-state index in [4.69, 9.17) is 4.74 Å². The SMILES string of the molecule is CC(=O)c1cccc(O[C@@H]2CCCC[C@H]2O)c1. The number of aliphatic hydroxyl groups excluding tert-OH is 1. The Hall–Kier alpha value is -1.35. The number of carbonyl (C=O) groups excluding carboxylic acids is 1. The van der Waals surface area contributed by atoms with Gasteiger partial charge in [-0.3, -0.25) is 4.79 Å². The van der Waals surface area contributed by atoms with E-state index < -0.39 is 0 Å². The molecule has 0 amide bonds. The third kappa shape index (κ3) is 3.07. The van der Waals surface area contributed by atoms with Crippen LogP contribution in [0.4, 0.5) is 0 Å². The minimum atomic E-state index is -0.385. The zero-order valence-corrected chi connectivity index (χ0v) is 10.1. The van der Waals surface area contributed by atoms with Gasteiger partial charge in [-0.25, -0.2) is 0 Å². The lowest BCUT2D eigenvalue weighted by Gasteiger charge is -2.28. The third-order valence-electron chi connectivity index (χ3n) is 3.20. The van der Waals surface area contributed by atoms with E-state index in [0.29, 0.717) is 11.3 Å². The summed E-state index contributed by atoms with van der Waals surface area (Å²) in [5, 5.41) is 9.82. The first kappa shape index (κ1) is 12.1. The number of benzene rings is 1. The van der Waals surface area contributed by atoms with Crippen LogP contribution in [0.1, 0.15) is 43.0 Å². The van der Waals surface area contributed by atoms with Crippen molar-refractivity contribution in [3.63, 3.8) is 0 Å². The largest absolute Gasteiger partial charge is 0.488 e. The fourth-order valence-electron chi connectivity index (χ4n) is 2.18. The topological polar surface area (TPSA) is 46.5 Å². The number of carbonyl (C=O) groups is 1. The molecule has 1 aromatic carbocycles. The molecule has 17 heavy (non-hydrogen) atoms. The predicted molar refractivity (Wildman–Crippen MR) is 65.3 cm³/mol. The number of ketones is 1. The molecule has 0 heterocycles. The Kier molecular flexibility index (Phi) is 3.79. The van der Waals surface area contributed by atoms with Crippen molar-refractivity contribution in [3.05, 3.63) is 29.8 Å². The van der Waals surface area contributed by atoms with E-state index in [-0.39, 0.29) is 18.0 Å². The van der Waals surface area contributed by atoms with Crippen LogP contribution in [-0.2, 0) is 0 Å². The standard InChI is InChI=1S/C14H18O3/c1-10(15)11-5-4-6-12(9-11)17-14-8-3-2-7-13(14)16/h4-6,9,13-14,16H,2-3,7-8H2,1H3/t13-,14-/m1/s1. The van der Waals surface area contributed by atoms with E-state index in [9.17, 15) is 9.90 Å². The van der Waals surface area contributed by atoms with Gasteiger partial charge in [-0.1, -0.05) is 18.6 Å². The van der Waals surface area contributed by atoms with E-state index in [1.807, 2.05) is 6.07 Å². The highest BCUT2D eigenvalue weighted by molar-refractivity contribution is 5.94. The molecule has 1 aliphatic carbocycles. The molecule has 3 heteroatoms. The van der Waals surface area contributed by atoms with Gasteiger partial charge in [0.25, 0.3) is 0 Å². The summed E-state index contributed by atoms with van der Waals surface area (Å²) in [6, 6.07) is 7.14. The molecule has 1 aliphatic rings. The maximum atomic E-state index is 11.2. The average Bonchev–Trinajstić information content (AvgIpc) is 2.32. The molecular weight excluding hydrogens is 216 g/mol. The number of Topliss-reactive ketones (excluding diaryl/α,β-unsaturated/α-hetero) is 1. The monoisotopic (exact) mass is 234 g/mol. The molecule has 2 atom stereocenters. The molecule has 2 rings (SSSR count). The molecule has 0 saturated heterocycles. The normalized spacial score (nSPS) is 24.4. The van der Waals surface area contributed by atoms with Gasteiger partial charge in [0, 0.05) is 5.56 Å². The summed E-state index contributed by atoms with van der Waals surface area (Å²) in [5.41, 5.74) is 0.646. The first-order valence-electron chi connectivity index (χ1n) is 6.12. The first-order chi connectivity index (χ1) is 8.16. The lowest BCUT2D eigenvalue weighted by molar-refractivity contribution is 0.00685. The third-order valence-corrected chi connectivity index (χ3v) is 3.20. The summed E-state index contributed by atoms with van der Waals surface area (Å²) in [7, 11) is 0. The van der Waals surface area contributed by atoms with E-state index in [2.05, 4.69) is 0 Å². The summed E-state index contributed by atoms with van der Waals surface area (Å²) in [5.74, 6) is 0.697. The van der Waals surface area contributed by atoms with Crippen molar-refractivity contribution in [1.82, 2.24) is 0 Å². The van der Waals surface area contributed by atoms with Crippen LogP contribution in [0, 0.1) is 0 Å². The maximum Gasteiger partial charge on any atom is 0.159 e. The smallest absolute Gasteiger partial charge is 0.159 e. The van der Waals surface area contributed by atoms with Crippen LogP contribution in [-0.4, -0.2) is 23.1 Å². The Balaban J connectivity index is 2.07. The predicted octanol–water partition coefficient (Wildman–Crippen LogP) is 2.57. The van der Waals surface area contributed by atoms with Crippen molar-refractivity contribution in [1.29, 1.82) is 0 Å². The van der Waals surface area contributed by atoms with Crippen LogP contribution in [0.15, 0.2) is 24.3 Å². The zero-order valence-electron chi connectivity index (χ0n) is 10.1. The Bertz CT molecular complexity index is 400. The van der Waals surface area contributed by atoms with Crippen molar-refractivity contribution in [3.8, 4) is 5.75 Å². The van der Waals surface area contributed by atoms with Crippen LogP contribution in [0.25, 0.3) is 0 Å². The van der Waals surface area contributed by atoms with Crippen LogP contribution in [0.2, 0.25) is 0 Å². The molecule has 0 bridgehead atoms. The summed E-state index contributed by atoms with van der Waals surface area (Å²) < 4.78 is 5.76. The minimum absolute atomic E-state index is 0.0274. The van der Waals surface area contributed by atoms with Gasteiger partial charge in [-0.05, 0) is 38.3 Å². The van der Waals surface area contributed by atoms with Gasteiger partial charge < -0.3 is 9.84 Å². The number of hydrogen-bond acceptors (Lipinski definition) is 3. The Morgan fingerprint density at radius 1 is 1.35 bits per heavy atom. The fourth-order valence-corrected chi connectivity index (χ4v) is 2.18. The molecule has 0 aromatic heterocycles. The quantitative estimate of drug-likeness (QED) is 0.818. The molecule has 1 N–H and O–H groups in total. The Labute approximate surface area is 101 Å². The lowest BCUT2D eigenvalue weighted by Crippen LogP contribution is -2.34. The summed E-state index contributed by atoms with van der Waals surface area (Å²) in [6.45, 7) is 1.54. The van der Waals surface area contributed by atoms with Gasteiger partial charge in [0.05, 0.1) is 6.10 Å². The minimum Gasteiger partial charge on any atom is -0.488 e. The fraction of sp³-hybridized carbons (Fsp3) is 0.500. The van der Waals surface area contributed by atoms with Gasteiger partial charge in [0.15, 0.2) is 5.78 Å². The maximum absolute atomic E-state index is 11.2. The van der Waals surface area contributed by atoms with E-state index in [1.165, 1.54) is 6.92 Å². The molecule has 0 radical (unpaired) electrons. The molecule has 0 spiro atoms.